The lowest BCUT2D eigenvalue weighted by atomic mass is 10.2. The molecular weight excluding hydrogens is 204 g/mol. The van der Waals surface area contributed by atoms with Gasteiger partial charge < -0.3 is 0 Å². The fourth-order valence-electron chi connectivity index (χ4n) is 1.79. The van der Waals surface area contributed by atoms with Gasteiger partial charge in [0.1, 0.15) is 6.33 Å². The Bertz CT molecular complexity index is 726. The van der Waals surface area contributed by atoms with Crippen LogP contribution in [0.4, 0.5) is 0 Å². The van der Waals surface area contributed by atoms with E-state index in [9.17, 15) is 4.79 Å². The molecule has 0 fully saturated rings. The molecule has 0 spiro atoms. The van der Waals surface area contributed by atoms with E-state index in [0.29, 0.717) is 16.7 Å². The Morgan fingerprint density at radius 1 is 1.31 bits per heavy atom. The highest BCUT2D eigenvalue weighted by molar-refractivity contribution is 5.78. The standard InChI is InChI=1S/C11H10N4O/c1-2-14-7-12-15-10(16)8-5-3-4-6-9(8)13-11(14)15/h3-7H,2H2,1H3. The summed E-state index contributed by atoms with van der Waals surface area (Å²) in [4.78, 5) is 16.5. The molecule has 0 aliphatic heterocycles. The van der Waals surface area contributed by atoms with Crippen LogP contribution in [0, 0.1) is 0 Å². The molecular formula is C11H10N4O. The molecule has 5 nitrogen and oxygen atoms in total. The van der Waals surface area contributed by atoms with E-state index in [0.717, 1.165) is 6.54 Å². The molecule has 0 N–H and O–H groups in total. The number of aromatic nitrogens is 4. The van der Waals surface area contributed by atoms with Crippen LogP contribution in [0.15, 0.2) is 35.4 Å². The Morgan fingerprint density at radius 2 is 2.12 bits per heavy atom. The van der Waals surface area contributed by atoms with Gasteiger partial charge in [0.25, 0.3) is 5.56 Å². The first kappa shape index (κ1) is 9.08. The zero-order valence-electron chi connectivity index (χ0n) is 8.79. The SMILES string of the molecule is CCn1cnn2c(=O)c3ccccc3nc12. The Hall–Kier alpha value is -2.17. The summed E-state index contributed by atoms with van der Waals surface area (Å²) in [5.41, 5.74) is 0.593. The average molecular weight is 214 g/mol. The number of benzene rings is 1. The van der Waals surface area contributed by atoms with E-state index in [1.165, 1.54) is 4.52 Å². The summed E-state index contributed by atoms with van der Waals surface area (Å²) >= 11 is 0. The molecule has 5 heteroatoms. The van der Waals surface area contributed by atoms with Gasteiger partial charge in [-0.1, -0.05) is 12.1 Å². The van der Waals surface area contributed by atoms with Crippen LogP contribution in [0.3, 0.4) is 0 Å². The van der Waals surface area contributed by atoms with Crippen molar-refractivity contribution in [2.24, 2.45) is 0 Å². The monoisotopic (exact) mass is 214 g/mol. The third kappa shape index (κ3) is 1.08. The van der Waals surface area contributed by atoms with Crippen molar-refractivity contribution in [1.29, 1.82) is 0 Å². The third-order valence-electron chi connectivity index (χ3n) is 2.64. The third-order valence-corrected chi connectivity index (χ3v) is 2.64. The lowest BCUT2D eigenvalue weighted by Gasteiger charge is -1.99. The van der Waals surface area contributed by atoms with E-state index in [1.54, 1.807) is 12.4 Å². The molecule has 0 atom stereocenters. The number of aryl methyl sites for hydroxylation is 1. The Balaban J connectivity index is 2.58. The van der Waals surface area contributed by atoms with Gasteiger partial charge >= 0.3 is 0 Å². The summed E-state index contributed by atoms with van der Waals surface area (Å²) in [6.07, 6.45) is 1.63. The maximum Gasteiger partial charge on any atom is 0.283 e. The summed E-state index contributed by atoms with van der Waals surface area (Å²) in [7, 11) is 0. The van der Waals surface area contributed by atoms with Gasteiger partial charge in [0.15, 0.2) is 0 Å². The minimum Gasteiger partial charge on any atom is -0.300 e. The normalized spacial score (nSPS) is 11.3. The summed E-state index contributed by atoms with van der Waals surface area (Å²) in [5.74, 6) is 0.589. The smallest absolute Gasteiger partial charge is 0.283 e. The number of para-hydroxylation sites is 1. The van der Waals surface area contributed by atoms with Crippen LogP contribution in [0.5, 0.6) is 0 Å². The highest BCUT2D eigenvalue weighted by Gasteiger charge is 2.08. The van der Waals surface area contributed by atoms with E-state index >= 15 is 0 Å². The predicted molar refractivity (Wildman–Crippen MR) is 60.4 cm³/mol. The summed E-state index contributed by atoms with van der Waals surface area (Å²) in [5, 5.41) is 4.64. The van der Waals surface area contributed by atoms with Crippen LogP contribution in [0.1, 0.15) is 6.92 Å². The minimum absolute atomic E-state index is 0.118. The van der Waals surface area contributed by atoms with Crippen molar-refractivity contribution in [2.45, 2.75) is 13.5 Å². The minimum atomic E-state index is -0.118. The van der Waals surface area contributed by atoms with E-state index in [4.69, 9.17) is 0 Å². The molecule has 2 heterocycles. The predicted octanol–water partition coefficient (Wildman–Crippen LogP) is 1.06. The number of hydrogen-bond acceptors (Lipinski definition) is 3. The van der Waals surface area contributed by atoms with Crippen LogP contribution >= 0.6 is 0 Å². The van der Waals surface area contributed by atoms with Crippen molar-refractivity contribution >= 4 is 16.7 Å². The molecule has 3 rings (SSSR count). The highest BCUT2D eigenvalue weighted by atomic mass is 16.1. The fraction of sp³-hybridized carbons (Fsp3) is 0.182. The Morgan fingerprint density at radius 3 is 2.94 bits per heavy atom. The van der Waals surface area contributed by atoms with Gasteiger partial charge in [-0.2, -0.15) is 9.61 Å². The van der Waals surface area contributed by atoms with E-state index < -0.39 is 0 Å². The van der Waals surface area contributed by atoms with Crippen molar-refractivity contribution in [2.75, 3.05) is 0 Å². The second kappa shape index (κ2) is 3.16. The number of hydrogen-bond donors (Lipinski definition) is 0. The van der Waals surface area contributed by atoms with Crippen LogP contribution < -0.4 is 5.56 Å². The zero-order chi connectivity index (χ0) is 11.1. The molecule has 3 aromatic rings. The largest absolute Gasteiger partial charge is 0.300 e. The molecule has 0 unspecified atom stereocenters. The summed E-state index contributed by atoms with van der Waals surface area (Å²) in [6.45, 7) is 2.73. The molecule has 80 valence electrons. The topological polar surface area (TPSA) is 52.2 Å². The maximum absolute atomic E-state index is 12.1. The number of fused-ring (bicyclic) bond motifs is 2. The fourth-order valence-corrected chi connectivity index (χ4v) is 1.79. The Labute approximate surface area is 91.0 Å². The molecule has 0 saturated heterocycles. The van der Waals surface area contributed by atoms with Crippen LogP contribution in [-0.2, 0) is 6.54 Å². The van der Waals surface area contributed by atoms with Crippen molar-refractivity contribution in [1.82, 2.24) is 19.2 Å². The molecule has 0 amide bonds. The van der Waals surface area contributed by atoms with Crippen molar-refractivity contribution in [3.8, 4) is 0 Å². The molecule has 2 aromatic heterocycles. The second-order valence-electron chi connectivity index (χ2n) is 3.56. The van der Waals surface area contributed by atoms with Gasteiger partial charge in [0, 0.05) is 6.54 Å². The van der Waals surface area contributed by atoms with Gasteiger partial charge in [-0.25, -0.2) is 4.98 Å². The van der Waals surface area contributed by atoms with Crippen LogP contribution in [0.2, 0.25) is 0 Å². The van der Waals surface area contributed by atoms with Gasteiger partial charge in [-0.05, 0) is 19.1 Å². The van der Waals surface area contributed by atoms with Gasteiger partial charge in [0.05, 0.1) is 10.9 Å². The molecule has 16 heavy (non-hydrogen) atoms. The maximum atomic E-state index is 12.1. The first-order valence-electron chi connectivity index (χ1n) is 5.14. The number of rotatable bonds is 1. The second-order valence-corrected chi connectivity index (χ2v) is 3.56. The first-order chi connectivity index (χ1) is 7.81. The lowest BCUT2D eigenvalue weighted by molar-refractivity contribution is 0.776. The zero-order valence-corrected chi connectivity index (χ0v) is 8.79. The van der Waals surface area contributed by atoms with Crippen molar-refractivity contribution in [3.63, 3.8) is 0 Å². The molecule has 0 saturated carbocycles. The van der Waals surface area contributed by atoms with E-state index in [-0.39, 0.29) is 5.56 Å². The van der Waals surface area contributed by atoms with Crippen LogP contribution in [0.25, 0.3) is 16.7 Å². The lowest BCUT2D eigenvalue weighted by Crippen LogP contribution is -2.16. The summed E-state index contributed by atoms with van der Waals surface area (Å²) in [6, 6.07) is 7.30. The molecule has 0 aliphatic carbocycles. The molecule has 1 aromatic carbocycles. The van der Waals surface area contributed by atoms with Crippen LogP contribution in [-0.4, -0.2) is 19.2 Å². The van der Waals surface area contributed by atoms with Crippen molar-refractivity contribution < 1.29 is 0 Å². The van der Waals surface area contributed by atoms with Gasteiger partial charge in [-0.15, -0.1) is 0 Å². The Kier molecular flexibility index (Phi) is 1.80. The molecule has 0 aliphatic rings. The highest BCUT2D eigenvalue weighted by Crippen LogP contribution is 2.07. The molecule has 0 bridgehead atoms. The number of nitrogens with zero attached hydrogens (tertiary/aromatic N) is 4. The average Bonchev–Trinajstić information content (AvgIpc) is 2.72. The van der Waals surface area contributed by atoms with E-state index in [2.05, 4.69) is 10.1 Å². The molecule has 0 radical (unpaired) electrons. The van der Waals surface area contributed by atoms with Gasteiger partial charge in [0.2, 0.25) is 5.78 Å². The quantitative estimate of drug-likeness (QED) is 0.608. The summed E-state index contributed by atoms with van der Waals surface area (Å²) < 4.78 is 3.18. The van der Waals surface area contributed by atoms with Gasteiger partial charge in [-0.3, -0.25) is 9.36 Å². The van der Waals surface area contributed by atoms with E-state index in [1.807, 2.05) is 29.7 Å². The van der Waals surface area contributed by atoms with Crippen molar-refractivity contribution in [3.05, 3.63) is 40.9 Å². The first-order valence-corrected chi connectivity index (χ1v) is 5.14.